The number of amides is 1. The van der Waals surface area contributed by atoms with Crippen LogP contribution in [0.15, 0.2) is 0 Å². The van der Waals surface area contributed by atoms with Gasteiger partial charge in [0.1, 0.15) is 30.5 Å². The van der Waals surface area contributed by atoms with E-state index in [1.54, 1.807) is 0 Å². The molecule has 0 aromatic rings. The lowest BCUT2D eigenvalue weighted by atomic mass is 9.98. The van der Waals surface area contributed by atoms with Gasteiger partial charge in [-0.2, -0.15) is 0 Å². The Balaban J connectivity index is 2.52. The summed E-state index contributed by atoms with van der Waals surface area (Å²) in [7, 11) is 0. The summed E-state index contributed by atoms with van der Waals surface area (Å²) >= 11 is 0. The maximum atomic E-state index is 13.1. The van der Waals surface area contributed by atoms with E-state index in [2.05, 4.69) is 31.0 Å². The van der Waals surface area contributed by atoms with Crippen LogP contribution < -0.4 is 5.32 Å². The molecule has 1 fully saturated rings. The van der Waals surface area contributed by atoms with Crippen molar-refractivity contribution < 1.29 is 44.9 Å². The molecule has 0 unspecified atom stereocenters. The molecule has 1 heterocycles. The topological polar surface area (TPSA) is 172 Å². The Hall–Kier alpha value is -0.890. The van der Waals surface area contributed by atoms with E-state index in [-0.39, 0.29) is 18.9 Å². The summed E-state index contributed by atoms with van der Waals surface area (Å²) in [5.41, 5.74) is 0. The molecule has 8 atom stereocenters. The van der Waals surface area contributed by atoms with Gasteiger partial charge in [0, 0.05) is 6.42 Å². The van der Waals surface area contributed by atoms with E-state index in [0.717, 1.165) is 44.9 Å². The maximum absolute atomic E-state index is 13.1. The molecule has 0 bridgehead atoms. The van der Waals surface area contributed by atoms with Gasteiger partial charge < -0.3 is 50.3 Å². The fourth-order valence-corrected chi connectivity index (χ4v) is 8.08. The Bertz CT molecular complexity index is 901. The molecule has 58 heavy (non-hydrogen) atoms. The van der Waals surface area contributed by atoms with Crippen molar-refractivity contribution in [3.63, 3.8) is 0 Å². The van der Waals surface area contributed by atoms with Crippen LogP contribution in [0.5, 0.6) is 0 Å². The molecule has 0 aromatic carbocycles. The first-order valence-corrected chi connectivity index (χ1v) is 24.5. The highest BCUT2D eigenvalue weighted by atomic mass is 16.7. The summed E-state index contributed by atoms with van der Waals surface area (Å²) in [5, 5.41) is 65.4. The number of nitrogens with zero attached hydrogens (tertiary/aromatic N) is 1. The van der Waals surface area contributed by atoms with Crippen molar-refractivity contribution in [1.29, 1.82) is 0 Å². The molecule has 0 aromatic heterocycles. The maximum Gasteiger partial charge on any atom is 0.220 e. The van der Waals surface area contributed by atoms with Crippen molar-refractivity contribution >= 4 is 5.91 Å². The van der Waals surface area contributed by atoms with Crippen molar-refractivity contribution in [3.8, 4) is 0 Å². The number of aliphatic hydroxyl groups excluding tert-OH is 6. The third-order valence-electron chi connectivity index (χ3n) is 12.1. The van der Waals surface area contributed by atoms with Crippen LogP contribution in [0.3, 0.4) is 0 Å². The van der Waals surface area contributed by atoms with Gasteiger partial charge in [-0.15, -0.1) is 0 Å². The Labute approximate surface area is 355 Å². The third kappa shape index (κ3) is 27.1. The van der Waals surface area contributed by atoms with Crippen LogP contribution >= 0.6 is 0 Å². The molecular formula is C47H94N2O9. The van der Waals surface area contributed by atoms with Crippen molar-refractivity contribution in [2.24, 2.45) is 0 Å². The second-order valence-electron chi connectivity index (χ2n) is 17.5. The SMILES string of the molecule is CCCCCCCCCCCCCC[C@@H](O)[C@@H](O)[C@H](CO[C@H]1O[C@H](CO)[C@H](O)[C@H](O)[C@H]1O)NC(=O)CCCCCCCCN(CCCCCCC)CCCCCCC. The van der Waals surface area contributed by atoms with Gasteiger partial charge in [-0.1, -0.05) is 175 Å². The lowest BCUT2D eigenvalue weighted by Gasteiger charge is -2.40. The first kappa shape index (κ1) is 55.1. The highest BCUT2D eigenvalue weighted by Gasteiger charge is 2.44. The minimum absolute atomic E-state index is 0.257. The van der Waals surface area contributed by atoms with E-state index in [1.807, 2.05) is 0 Å². The minimum atomic E-state index is -1.61. The largest absolute Gasteiger partial charge is 0.394 e. The molecule has 0 aliphatic carbocycles. The van der Waals surface area contributed by atoms with Crippen molar-refractivity contribution in [2.75, 3.05) is 32.8 Å². The predicted molar refractivity (Wildman–Crippen MR) is 236 cm³/mol. The molecule has 1 saturated heterocycles. The standard InChI is InChI=1S/C47H94N2O9/c1-4-7-10-13-14-15-16-17-18-19-22-27-32-40(51)43(53)39(38-57-47-46(56)45(55)44(54)41(37-50)58-47)48-42(52)33-28-23-20-21-26-31-36-49(34-29-24-11-8-5-2)35-30-25-12-9-6-3/h39-41,43-47,50-51,53-56H,4-38H2,1-3H3,(H,48,52)/t39-,40+,41+,43-,44-,45-,46+,47-/m0/s1. The van der Waals surface area contributed by atoms with Crippen LogP contribution in [0, 0.1) is 0 Å². The number of hydrogen-bond acceptors (Lipinski definition) is 10. The van der Waals surface area contributed by atoms with Crippen LogP contribution in [-0.4, -0.2) is 123 Å². The molecule has 0 saturated carbocycles. The number of aliphatic hydroxyl groups is 6. The van der Waals surface area contributed by atoms with Gasteiger partial charge in [0.2, 0.25) is 5.91 Å². The van der Waals surface area contributed by atoms with E-state index in [0.29, 0.717) is 12.8 Å². The first-order chi connectivity index (χ1) is 28.2. The molecule has 0 radical (unpaired) electrons. The molecule has 0 spiro atoms. The summed E-state index contributed by atoms with van der Waals surface area (Å²) in [6.45, 7) is 9.47. The van der Waals surface area contributed by atoms with Crippen LogP contribution in [-0.2, 0) is 14.3 Å². The van der Waals surface area contributed by atoms with E-state index >= 15 is 0 Å². The Kier molecular flexibility index (Phi) is 36.0. The highest BCUT2D eigenvalue weighted by Crippen LogP contribution is 2.23. The summed E-state index contributed by atoms with van der Waals surface area (Å²) in [5.74, 6) is -0.257. The zero-order valence-electron chi connectivity index (χ0n) is 37.7. The van der Waals surface area contributed by atoms with Crippen LogP contribution in [0.2, 0.25) is 0 Å². The fraction of sp³-hybridized carbons (Fsp3) is 0.979. The van der Waals surface area contributed by atoms with Gasteiger partial charge in [0.15, 0.2) is 6.29 Å². The number of carbonyl (C=O) groups is 1. The molecule has 11 heteroatoms. The molecule has 346 valence electrons. The van der Waals surface area contributed by atoms with Gasteiger partial charge in [-0.3, -0.25) is 4.79 Å². The monoisotopic (exact) mass is 831 g/mol. The van der Waals surface area contributed by atoms with Crippen molar-refractivity contribution in [2.45, 2.75) is 262 Å². The van der Waals surface area contributed by atoms with Crippen LogP contribution in [0.1, 0.15) is 213 Å². The number of carbonyl (C=O) groups excluding carboxylic acids is 1. The summed E-state index contributed by atoms with van der Waals surface area (Å²) in [6, 6.07) is -0.992. The number of hydrogen-bond donors (Lipinski definition) is 7. The lowest BCUT2D eigenvalue weighted by Crippen LogP contribution is -2.60. The van der Waals surface area contributed by atoms with E-state index < -0.39 is 55.6 Å². The second-order valence-corrected chi connectivity index (χ2v) is 17.5. The van der Waals surface area contributed by atoms with E-state index in [1.165, 1.54) is 148 Å². The average molecular weight is 831 g/mol. The fourth-order valence-electron chi connectivity index (χ4n) is 8.08. The average Bonchev–Trinajstić information content (AvgIpc) is 3.22. The quantitative estimate of drug-likeness (QED) is 0.0299. The smallest absolute Gasteiger partial charge is 0.220 e. The minimum Gasteiger partial charge on any atom is -0.394 e. The van der Waals surface area contributed by atoms with Gasteiger partial charge in [0.25, 0.3) is 0 Å². The molecule has 1 amide bonds. The molecule has 1 aliphatic heterocycles. The molecule has 11 nitrogen and oxygen atoms in total. The molecular weight excluding hydrogens is 737 g/mol. The van der Waals surface area contributed by atoms with Gasteiger partial charge in [0.05, 0.1) is 25.4 Å². The Morgan fingerprint density at radius 3 is 1.45 bits per heavy atom. The zero-order chi connectivity index (χ0) is 42.6. The first-order valence-electron chi connectivity index (χ1n) is 24.5. The number of unbranched alkanes of at least 4 members (excludes halogenated alkanes) is 24. The zero-order valence-corrected chi connectivity index (χ0v) is 37.7. The summed E-state index contributed by atoms with van der Waals surface area (Å²) in [6.07, 6.45) is 24.7. The number of ether oxygens (including phenoxy) is 2. The third-order valence-corrected chi connectivity index (χ3v) is 12.1. The summed E-state index contributed by atoms with van der Waals surface area (Å²) in [4.78, 5) is 15.8. The second kappa shape index (κ2) is 37.8. The van der Waals surface area contributed by atoms with Crippen molar-refractivity contribution in [1.82, 2.24) is 10.2 Å². The highest BCUT2D eigenvalue weighted by molar-refractivity contribution is 5.76. The Morgan fingerprint density at radius 1 is 0.586 bits per heavy atom. The number of nitrogens with one attached hydrogen (secondary N) is 1. The van der Waals surface area contributed by atoms with Gasteiger partial charge in [-0.05, 0) is 51.7 Å². The Morgan fingerprint density at radius 2 is 1.00 bits per heavy atom. The van der Waals surface area contributed by atoms with Gasteiger partial charge in [-0.25, -0.2) is 0 Å². The normalized spacial score (nSPS) is 21.4. The number of rotatable bonds is 41. The van der Waals surface area contributed by atoms with E-state index in [9.17, 15) is 35.4 Å². The van der Waals surface area contributed by atoms with E-state index in [4.69, 9.17) is 9.47 Å². The van der Waals surface area contributed by atoms with Gasteiger partial charge >= 0.3 is 0 Å². The summed E-state index contributed by atoms with van der Waals surface area (Å²) < 4.78 is 11.2. The van der Waals surface area contributed by atoms with Crippen LogP contribution in [0.25, 0.3) is 0 Å². The predicted octanol–water partition coefficient (Wildman–Crippen LogP) is 8.07. The lowest BCUT2D eigenvalue weighted by molar-refractivity contribution is -0.303. The molecule has 7 N–H and O–H groups in total. The molecule has 1 rings (SSSR count). The van der Waals surface area contributed by atoms with Crippen molar-refractivity contribution in [3.05, 3.63) is 0 Å². The molecule has 1 aliphatic rings. The van der Waals surface area contributed by atoms with Crippen LogP contribution in [0.4, 0.5) is 0 Å².